The van der Waals surface area contributed by atoms with Crippen LogP contribution in [0.1, 0.15) is 29.5 Å². The highest BCUT2D eigenvalue weighted by molar-refractivity contribution is 5.37. The van der Waals surface area contributed by atoms with Gasteiger partial charge in [-0.1, -0.05) is 30.3 Å². The minimum atomic E-state index is -0.876. The summed E-state index contributed by atoms with van der Waals surface area (Å²) in [5.41, 5.74) is 2.78. The van der Waals surface area contributed by atoms with Crippen LogP contribution in [0.3, 0.4) is 0 Å². The van der Waals surface area contributed by atoms with Crippen LogP contribution < -0.4 is 9.47 Å². The van der Waals surface area contributed by atoms with E-state index < -0.39 is 12.3 Å². The van der Waals surface area contributed by atoms with Crippen molar-refractivity contribution in [1.82, 2.24) is 4.90 Å². The van der Waals surface area contributed by atoms with E-state index in [0.717, 1.165) is 16.7 Å². The molecule has 7 heteroatoms. The summed E-state index contributed by atoms with van der Waals surface area (Å²) in [4.78, 5) is 2.02. The summed E-state index contributed by atoms with van der Waals surface area (Å²) in [5, 5.41) is 11.4. The van der Waals surface area contributed by atoms with Crippen molar-refractivity contribution in [2.45, 2.75) is 62.9 Å². The van der Waals surface area contributed by atoms with Crippen LogP contribution in [0.2, 0.25) is 0 Å². The van der Waals surface area contributed by atoms with Crippen molar-refractivity contribution < 1.29 is 28.1 Å². The summed E-state index contributed by atoms with van der Waals surface area (Å²) in [6.07, 6.45) is 0.231. The molecule has 0 aromatic heterocycles. The van der Waals surface area contributed by atoms with E-state index >= 15 is 0 Å². The first-order valence-electron chi connectivity index (χ1n) is 12.6. The number of benzene rings is 3. The Kier molecular flexibility index (Phi) is 6.37. The molecule has 1 N–H and O–H groups in total. The van der Waals surface area contributed by atoms with Crippen molar-refractivity contribution >= 4 is 0 Å². The fourth-order valence-electron chi connectivity index (χ4n) is 5.57. The molecule has 188 valence electrons. The minimum Gasteiger partial charge on any atom is -0.487 e. The van der Waals surface area contributed by atoms with E-state index in [1.54, 1.807) is 12.1 Å². The van der Waals surface area contributed by atoms with Crippen LogP contribution in [0.4, 0.5) is 8.78 Å². The summed E-state index contributed by atoms with van der Waals surface area (Å²) < 4.78 is 46.4. The van der Waals surface area contributed by atoms with Gasteiger partial charge < -0.3 is 19.3 Å². The number of hydrogen-bond acceptors (Lipinski definition) is 5. The summed E-state index contributed by atoms with van der Waals surface area (Å²) >= 11 is 0. The molecule has 3 aromatic rings. The van der Waals surface area contributed by atoms with Gasteiger partial charge in [-0.05, 0) is 78.8 Å². The number of ether oxygens (including phenoxy) is 3. The second-order valence-corrected chi connectivity index (χ2v) is 9.86. The Morgan fingerprint density at radius 1 is 0.778 bits per heavy atom. The maximum Gasteiger partial charge on any atom is 0.137 e. The highest BCUT2D eigenvalue weighted by atomic mass is 19.1. The van der Waals surface area contributed by atoms with Crippen molar-refractivity contribution in [3.8, 4) is 11.5 Å². The Balaban J connectivity index is 1.25. The molecule has 3 aliphatic heterocycles. The second kappa shape index (κ2) is 9.81. The number of hydrogen-bond donors (Lipinski definition) is 1. The number of aliphatic hydroxyl groups excluding tert-OH is 1. The molecular formula is C29H29F2NO4. The molecule has 0 saturated carbocycles. The maximum atomic E-state index is 13.7. The van der Waals surface area contributed by atoms with E-state index in [4.69, 9.17) is 14.2 Å². The van der Waals surface area contributed by atoms with Gasteiger partial charge in [0.1, 0.15) is 53.8 Å². The standard InChI is InChI=1S/C29H29F2NO4/c30-21-8-12-23-19(14-21)6-10-25(34-23)27-17-32(16-18-4-2-1-3-5-18)29(33)28(36-27)26-11-7-20-15-22(31)9-13-24(20)35-26/h1-5,8-9,12-15,25-29,33H,6-7,10-11,16-17H2/t25-,26-,27+,28+,29?/m1/s1. The maximum absolute atomic E-state index is 13.7. The number of fused-ring (bicyclic) bond motifs is 2. The van der Waals surface area contributed by atoms with Crippen LogP contribution in [0.5, 0.6) is 11.5 Å². The predicted molar refractivity (Wildman–Crippen MR) is 130 cm³/mol. The lowest BCUT2D eigenvalue weighted by molar-refractivity contribution is -0.234. The molecule has 3 heterocycles. The van der Waals surface area contributed by atoms with Gasteiger partial charge in [-0.2, -0.15) is 0 Å². The zero-order valence-electron chi connectivity index (χ0n) is 19.9. The zero-order valence-corrected chi connectivity index (χ0v) is 19.9. The zero-order chi connectivity index (χ0) is 24.6. The number of rotatable bonds is 4. The molecule has 6 rings (SSSR count). The Hall–Kier alpha value is -3.00. The van der Waals surface area contributed by atoms with Crippen LogP contribution in [0, 0.1) is 11.6 Å². The highest BCUT2D eigenvalue weighted by Crippen LogP contribution is 2.36. The van der Waals surface area contributed by atoms with Crippen molar-refractivity contribution in [3.63, 3.8) is 0 Å². The number of nitrogens with zero attached hydrogens (tertiary/aromatic N) is 1. The molecule has 36 heavy (non-hydrogen) atoms. The van der Waals surface area contributed by atoms with Gasteiger partial charge in [0.25, 0.3) is 0 Å². The third-order valence-corrected chi connectivity index (χ3v) is 7.42. The molecular weight excluding hydrogens is 464 g/mol. The molecule has 1 unspecified atom stereocenters. The number of morpholine rings is 1. The third-order valence-electron chi connectivity index (χ3n) is 7.42. The normalized spacial score (nSPS) is 27.9. The summed E-state index contributed by atoms with van der Waals surface area (Å²) in [7, 11) is 0. The fourth-order valence-corrected chi connectivity index (χ4v) is 5.57. The van der Waals surface area contributed by atoms with Crippen molar-refractivity contribution in [3.05, 3.63) is 95.1 Å². The third kappa shape index (κ3) is 4.71. The number of aliphatic hydroxyl groups is 1. The molecule has 1 saturated heterocycles. The first-order chi connectivity index (χ1) is 17.5. The van der Waals surface area contributed by atoms with E-state index in [1.807, 2.05) is 35.2 Å². The van der Waals surface area contributed by atoms with Gasteiger partial charge in [0.05, 0.1) is 0 Å². The Labute approximate surface area is 209 Å². The Morgan fingerprint density at radius 2 is 1.39 bits per heavy atom. The van der Waals surface area contributed by atoms with Crippen LogP contribution in [0.25, 0.3) is 0 Å². The average Bonchev–Trinajstić information content (AvgIpc) is 2.90. The van der Waals surface area contributed by atoms with Crippen molar-refractivity contribution in [2.75, 3.05) is 6.54 Å². The van der Waals surface area contributed by atoms with E-state index in [0.29, 0.717) is 50.3 Å². The monoisotopic (exact) mass is 493 g/mol. The van der Waals surface area contributed by atoms with Crippen LogP contribution in [-0.4, -0.2) is 47.2 Å². The van der Waals surface area contributed by atoms with Gasteiger partial charge in [-0.3, -0.25) is 4.90 Å². The molecule has 3 aliphatic rings. The average molecular weight is 494 g/mol. The molecule has 1 fully saturated rings. The van der Waals surface area contributed by atoms with Crippen LogP contribution in [-0.2, 0) is 24.1 Å². The topological polar surface area (TPSA) is 51.2 Å². The molecule has 5 nitrogen and oxygen atoms in total. The molecule has 0 radical (unpaired) electrons. The number of aryl methyl sites for hydroxylation is 2. The lowest BCUT2D eigenvalue weighted by atomic mass is 9.94. The van der Waals surface area contributed by atoms with Gasteiger partial charge in [-0.15, -0.1) is 0 Å². The van der Waals surface area contributed by atoms with E-state index in [1.165, 1.54) is 24.3 Å². The molecule has 0 spiro atoms. The predicted octanol–water partition coefficient (Wildman–Crippen LogP) is 4.64. The van der Waals surface area contributed by atoms with Crippen molar-refractivity contribution in [2.24, 2.45) is 0 Å². The Bertz CT molecular complexity index is 1220. The first-order valence-corrected chi connectivity index (χ1v) is 12.6. The van der Waals surface area contributed by atoms with Crippen molar-refractivity contribution in [1.29, 1.82) is 0 Å². The molecule has 0 aliphatic carbocycles. The lowest BCUT2D eigenvalue weighted by Crippen LogP contribution is -2.62. The first kappa shape index (κ1) is 23.4. The van der Waals surface area contributed by atoms with E-state index in [-0.39, 0.29) is 29.9 Å². The molecule has 0 amide bonds. The molecule has 0 bridgehead atoms. The minimum absolute atomic E-state index is 0.235. The van der Waals surface area contributed by atoms with Crippen LogP contribution >= 0.6 is 0 Å². The number of halogens is 2. The molecule has 5 atom stereocenters. The summed E-state index contributed by atoms with van der Waals surface area (Å²) in [6, 6.07) is 19.2. The van der Waals surface area contributed by atoms with Gasteiger partial charge in [-0.25, -0.2) is 8.78 Å². The SMILES string of the molecule is OC1[C@H]([C@H]2CCc3cc(F)ccc3O2)O[C@H]([C@H]2CCc3cc(F)ccc3O2)CN1Cc1ccccc1. The van der Waals surface area contributed by atoms with E-state index in [9.17, 15) is 13.9 Å². The van der Waals surface area contributed by atoms with Gasteiger partial charge in [0.15, 0.2) is 0 Å². The van der Waals surface area contributed by atoms with Gasteiger partial charge in [0, 0.05) is 13.1 Å². The summed E-state index contributed by atoms with van der Waals surface area (Å²) in [5.74, 6) is 0.758. The fraction of sp³-hybridized carbons (Fsp3) is 0.379. The van der Waals surface area contributed by atoms with Crippen LogP contribution in [0.15, 0.2) is 66.7 Å². The summed E-state index contributed by atoms with van der Waals surface area (Å²) in [6.45, 7) is 1.05. The molecule has 3 aromatic carbocycles. The highest BCUT2D eigenvalue weighted by Gasteiger charge is 2.45. The Morgan fingerprint density at radius 3 is 2.06 bits per heavy atom. The largest absolute Gasteiger partial charge is 0.487 e. The second-order valence-electron chi connectivity index (χ2n) is 9.86. The van der Waals surface area contributed by atoms with E-state index in [2.05, 4.69) is 0 Å². The van der Waals surface area contributed by atoms with Gasteiger partial charge in [0.2, 0.25) is 0 Å². The smallest absolute Gasteiger partial charge is 0.137 e. The van der Waals surface area contributed by atoms with Gasteiger partial charge >= 0.3 is 0 Å². The quantitative estimate of drug-likeness (QED) is 0.574. The lowest BCUT2D eigenvalue weighted by Gasteiger charge is -2.47.